The van der Waals surface area contributed by atoms with Crippen molar-refractivity contribution in [3.63, 3.8) is 0 Å². The highest BCUT2D eigenvalue weighted by Gasteiger charge is 2.49. The first-order valence-electron chi connectivity index (χ1n) is 12.4. The van der Waals surface area contributed by atoms with Crippen molar-refractivity contribution >= 4 is 16.7 Å². The van der Waals surface area contributed by atoms with E-state index in [9.17, 15) is 5.11 Å². The van der Waals surface area contributed by atoms with E-state index in [0.29, 0.717) is 41.2 Å². The van der Waals surface area contributed by atoms with Gasteiger partial charge in [0.1, 0.15) is 5.52 Å². The highest BCUT2D eigenvalue weighted by molar-refractivity contribution is 5.93. The molecular weight excluding hydrogens is 476 g/mol. The third-order valence-corrected chi connectivity index (χ3v) is 7.15. The maximum Gasteiger partial charge on any atom is 0.206 e. The molecule has 0 spiro atoms. The number of pyridine rings is 1. The summed E-state index contributed by atoms with van der Waals surface area (Å²) in [4.78, 5) is 18.8. The molecule has 1 aliphatic carbocycles. The van der Waals surface area contributed by atoms with Crippen molar-refractivity contribution in [3.05, 3.63) is 90.9 Å². The molecule has 4 heterocycles. The third-order valence-electron chi connectivity index (χ3n) is 7.15. The highest BCUT2D eigenvalue weighted by Crippen LogP contribution is 2.46. The number of fused-ring (bicyclic) bond motifs is 3. The van der Waals surface area contributed by atoms with E-state index < -0.39 is 11.1 Å². The van der Waals surface area contributed by atoms with Crippen molar-refractivity contribution < 1.29 is 5.11 Å². The summed E-state index contributed by atoms with van der Waals surface area (Å²) in [5.41, 5.74) is 11.6. The minimum absolute atomic E-state index is 0.484. The number of nitrogens with zero attached hydrogens (tertiary/aromatic N) is 7. The van der Waals surface area contributed by atoms with Crippen molar-refractivity contribution in [2.24, 2.45) is 5.73 Å². The summed E-state index contributed by atoms with van der Waals surface area (Å²) in [5, 5.41) is 19.0. The normalized spacial score (nSPS) is 21.0. The zero-order valence-corrected chi connectivity index (χ0v) is 20.7. The summed E-state index contributed by atoms with van der Waals surface area (Å²) in [6.07, 6.45) is 6.29. The van der Waals surface area contributed by atoms with Gasteiger partial charge >= 0.3 is 0 Å². The SMILES string of the molecule is C[C@]1(O)C[C@@](N)(c2ccc(-c3nc4ccn5c(-c6ncccn6)nnc5c4nc3-c3ccccc3)cc2)C1. The van der Waals surface area contributed by atoms with Gasteiger partial charge in [0.05, 0.1) is 22.5 Å². The summed E-state index contributed by atoms with van der Waals surface area (Å²) in [6, 6.07) is 21.8. The third kappa shape index (κ3) is 3.63. The molecule has 9 heteroatoms. The predicted molar refractivity (Wildman–Crippen MR) is 144 cm³/mol. The quantitative estimate of drug-likeness (QED) is 0.369. The average Bonchev–Trinajstić information content (AvgIpc) is 3.37. The zero-order chi connectivity index (χ0) is 25.9. The van der Waals surface area contributed by atoms with Crippen molar-refractivity contribution in [2.45, 2.75) is 30.9 Å². The van der Waals surface area contributed by atoms with E-state index in [2.05, 4.69) is 20.2 Å². The summed E-state index contributed by atoms with van der Waals surface area (Å²) < 4.78 is 1.84. The minimum Gasteiger partial charge on any atom is -0.390 e. The Bertz CT molecular complexity index is 1790. The Balaban J connectivity index is 1.39. The van der Waals surface area contributed by atoms with Crippen LogP contribution in [-0.2, 0) is 5.54 Å². The molecule has 2 aromatic carbocycles. The van der Waals surface area contributed by atoms with E-state index in [0.717, 1.165) is 28.1 Å². The monoisotopic (exact) mass is 500 g/mol. The maximum atomic E-state index is 10.2. The van der Waals surface area contributed by atoms with Crippen LogP contribution in [0.1, 0.15) is 25.3 Å². The van der Waals surface area contributed by atoms with Gasteiger partial charge in [-0.2, -0.15) is 0 Å². The lowest BCUT2D eigenvalue weighted by atomic mass is 9.63. The van der Waals surface area contributed by atoms with Crippen LogP contribution in [0.3, 0.4) is 0 Å². The standard InChI is InChI=1S/C29H24N8O/c1-28(38)16-29(30,17-28)20-10-8-19(9-11-20)22-23(18-6-3-2-4-7-18)34-24-21(33-22)12-15-37-26(24)35-36-27(37)25-31-13-5-14-32-25/h2-15,38H,16-17,30H2,1H3/t28-,29-. The van der Waals surface area contributed by atoms with Crippen LogP contribution in [0.2, 0.25) is 0 Å². The first-order valence-corrected chi connectivity index (χ1v) is 12.4. The van der Waals surface area contributed by atoms with Gasteiger partial charge < -0.3 is 10.8 Å². The lowest BCUT2D eigenvalue weighted by Crippen LogP contribution is -2.58. The molecule has 7 rings (SSSR count). The number of aliphatic hydroxyl groups is 1. The molecule has 6 aromatic rings. The number of hydrogen-bond donors (Lipinski definition) is 2. The molecule has 186 valence electrons. The van der Waals surface area contributed by atoms with Crippen LogP contribution in [0.15, 0.2) is 85.3 Å². The molecule has 1 fully saturated rings. The van der Waals surface area contributed by atoms with Gasteiger partial charge in [0, 0.05) is 35.3 Å². The van der Waals surface area contributed by atoms with Gasteiger partial charge in [-0.15, -0.1) is 10.2 Å². The Morgan fingerprint density at radius 1 is 0.816 bits per heavy atom. The second-order valence-electron chi connectivity index (χ2n) is 10.2. The summed E-state index contributed by atoms with van der Waals surface area (Å²) >= 11 is 0. The number of aromatic nitrogens is 7. The number of nitrogens with two attached hydrogens (primary N) is 1. The van der Waals surface area contributed by atoms with Crippen LogP contribution >= 0.6 is 0 Å². The van der Waals surface area contributed by atoms with Crippen LogP contribution in [0.4, 0.5) is 0 Å². The van der Waals surface area contributed by atoms with Crippen molar-refractivity contribution in [1.29, 1.82) is 0 Å². The molecule has 1 saturated carbocycles. The molecular formula is C29H24N8O. The molecule has 0 unspecified atom stereocenters. The molecule has 0 aliphatic heterocycles. The molecule has 1 aliphatic rings. The fraction of sp³-hybridized carbons (Fsp3) is 0.172. The van der Waals surface area contributed by atoms with Crippen LogP contribution in [0.25, 0.3) is 50.8 Å². The van der Waals surface area contributed by atoms with Crippen molar-refractivity contribution in [1.82, 2.24) is 34.5 Å². The Morgan fingerprint density at radius 3 is 2.21 bits per heavy atom. The average molecular weight is 501 g/mol. The van der Waals surface area contributed by atoms with E-state index in [4.69, 9.17) is 15.7 Å². The van der Waals surface area contributed by atoms with Gasteiger partial charge in [-0.3, -0.25) is 4.40 Å². The lowest BCUT2D eigenvalue weighted by Gasteiger charge is -2.49. The molecule has 0 radical (unpaired) electrons. The van der Waals surface area contributed by atoms with Gasteiger partial charge in [0.2, 0.25) is 5.82 Å². The number of hydrogen-bond acceptors (Lipinski definition) is 8. The molecule has 3 N–H and O–H groups in total. The molecule has 0 bridgehead atoms. The van der Waals surface area contributed by atoms with E-state index in [1.54, 1.807) is 18.5 Å². The second-order valence-corrected chi connectivity index (χ2v) is 10.2. The molecule has 0 atom stereocenters. The fourth-order valence-corrected chi connectivity index (χ4v) is 5.51. The maximum absolute atomic E-state index is 10.2. The van der Waals surface area contributed by atoms with Crippen molar-refractivity contribution in [2.75, 3.05) is 0 Å². The van der Waals surface area contributed by atoms with Gasteiger partial charge in [-0.1, -0.05) is 54.6 Å². The zero-order valence-electron chi connectivity index (χ0n) is 20.7. The van der Waals surface area contributed by atoms with Gasteiger partial charge in [-0.05, 0) is 37.5 Å². The first-order chi connectivity index (χ1) is 18.4. The van der Waals surface area contributed by atoms with E-state index in [1.165, 1.54) is 0 Å². The Hall–Kier alpha value is -4.60. The van der Waals surface area contributed by atoms with Gasteiger partial charge in [0.15, 0.2) is 11.5 Å². The van der Waals surface area contributed by atoms with Gasteiger partial charge in [0.25, 0.3) is 0 Å². The van der Waals surface area contributed by atoms with E-state index >= 15 is 0 Å². The molecule has 0 saturated heterocycles. The summed E-state index contributed by atoms with van der Waals surface area (Å²) in [6.45, 7) is 1.82. The lowest BCUT2D eigenvalue weighted by molar-refractivity contribution is -0.0738. The summed E-state index contributed by atoms with van der Waals surface area (Å²) in [5.74, 6) is 1.02. The summed E-state index contributed by atoms with van der Waals surface area (Å²) in [7, 11) is 0. The van der Waals surface area contributed by atoms with Crippen molar-refractivity contribution in [3.8, 4) is 34.2 Å². The first kappa shape index (κ1) is 22.6. The Labute approximate surface area is 218 Å². The molecule has 9 nitrogen and oxygen atoms in total. The van der Waals surface area contributed by atoms with Crippen LogP contribution < -0.4 is 5.73 Å². The predicted octanol–water partition coefficient (Wildman–Crippen LogP) is 4.16. The highest BCUT2D eigenvalue weighted by atomic mass is 16.3. The largest absolute Gasteiger partial charge is 0.390 e. The smallest absolute Gasteiger partial charge is 0.206 e. The minimum atomic E-state index is -0.711. The van der Waals surface area contributed by atoms with Gasteiger partial charge in [-0.25, -0.2) is 19.9 Å². The van der Waals surface area contributed by atoms with Crippen LogP contribution in [0, 0.1) is 0 Å². The molecule has 38 heavy (non-hydrogen) atoms. The fourth-order valence-electron chi connectivity index (χ4n) is 5.51. The Morgan fingerprint density at radius 2 is 1.50 bits per heavy atom. The number of rotatable bonds is 4. The van der Waals surface area contributed by atoms with Crippen LogP contribution in [0.5, 0.6) is 0 Å². The molecule has 4 aromatic heterocycles. The number of benzene rings is 2. The molecule has 0 amide bonds. The van der Waals surface area contributed by atoms with Crippen LogP contribution in [-0.4, -0.2) is 45.2 Å². The van der Waals surface area contributed by atoms with E-state index in [-0.39, 0.29) is 0 Å². The topological polar surface area (TPSA) is 128 Å². The second kappa shape index (κ2) is 8.20. The van der Waals surface area contributed by atoms with E-state index in [1.807, 2.05) is 78.2 Å². The Kier molecular flexibility index (Phi) is 4.88.